The van der Waals surface area contributed by atoms with Gasteiger partial charge >= 0.3 is 6.03 Å². The van der Waals surface area contributed by atoms with Crippen molar-refractivity contribution in [2.24, 2.45) is 0 Å². The number of amides is 2. The van der Waals surface area contributed by atoms with Crippen molar-refractivity contribution in [3.8, 4) is 17.2 Å². The largest absolute Gasteiger partial charge is 0.497 e. The zero-order valence-corrected chi connectivity index (χ0v) is 20.3. The first-order valence-corrected chi connectivity index (χ1v) is 11.6. The zero-order valence-electron chi connectivity index (χ0n) is 20.3. The van der Waals surface area contributed by atoms with Crippen LogP contribution in [-0.2, 0) is 6.54 Å². The van der Waals surface area contributed by atoms with Crippen molar-refractivity contribution in [2.75, 3.05) is 32.7 Å². The summed E-state index contributed by atoms with van der Waals surface area (Å²) in [6.07, 6.45) is 5.35. The summed E-state index contributed by atoms with van der Waals surface area (Å²) in [7, 11) is 3.16. The number of urea groups is 1. The number of hydrogen-bond donors (Lipinski definition) is 2. The van der Waals surface area contributed by atoms with E-state index in [1.165, 1.54) is 19.3 Å². The molecule has 0 fully saturated rings. The molecule has 0 aliphatic carbocycles. The zero-order chi connectivity index (χ0) is 24.1. The van der Waals surface area contributed by atoms with Crippen LogP contribution in [0.15, 0.2) is 42.5 Å². The maximum atomic E-state index is 13.2. The lowest BCUT2D eigenvalue weighted by molar-refractivity contribution is 0.129. The molecule has 0 spiro atoms. The first-order valence-electron chi connectivity index (χ1n) is 11.6. The minimum atomic E-state index is -0.263. The van der Waals surface area contributed by atoms with Crippen LogP contribution in [0.4, 0.5) is 10.5 Å². The quantitative estimate of drug-likeness (QED) is 0.367. The van der Waals surface area contributed by atoms with Gasteiger partial charge in [0.1, 0.15) is 23.4 Å². The van der Waals surface area contributed by atoms with Gasteiger partial charge in [-0.05, 0) is 43.2 Å². The third-order valence-corrected chi connectivity index (χ3v) is 5.36. The Balaban J connectivity index is 2.10. The molecule has 33 heavy (non-hydrogen) atoms. The summed E-state index contributed by atoms with van der Waals surface area (Å²) in [5.74, 6) is 1.90. The van der Waals surface area contributed by atoms with Crippen LogP contribution in [-0.4, -0.2) is 49.5 Å². The molecule has 2 aromatic rings. The molecule has 0 radical (unpaired) electrons. The minimum absolute atomic E-state index is 0.0391. The fraction of sp³-hybridized carbons (Fsp3) is 0.500. The second-order valence-electron chi connectivity index (χ2n) is 8.09. The first kappa shape index (κ1) is 26.3. The van der Waals surface area contributed by atoms with E-state index in [4.69, 9.17) is 19.3 Å². The summed E-state index contributed by atoms with van der Waals surface area (Å²) in [5.41, 5.74) is 1.60. The fourth-order valence-corrected chi connectivity index (χ4v) is 3.42. The molecule has 0 heterocycles. The van der Waals surface area contributed by atoms with Gasteiger partial charge in [0.15, 0.2) is 0 Å². The molecule has 2 amide bonds. The molecule has 0 aliphatic rings. The standard InChI is InChI=1S/C26H38N2O5/c1-5-6-7-8-9-16-28(18-21-10-12-22(13-11-21)33-20(2)19-29)26(30)27-24-15-14-23(31-3)17-25(24)32-4/h10-15,17,20,29H,5-9,16,18-19H2,1-4H3,(H,27,30). The van der Waals surface area contributed by atoms with Gasteiger partial charge in [-0.2, -0.15) is 0 Å². The highest BCUT2D eigenvalue weighted by molar-refractivity contribution is 5.91. The van der Waals surface area contributed by atoms with E-state index in [0.717, 1.165) is 18.4 Å². The maximum absolute atomic E-state index is 13.2. The van der Waals surface area contributed by atoms with E-state index in [9.17, 15) is 4.79 Å². The molecule has 0 aromatic heterocycles. The van der Waals surface area contributed by atoms with Gasteiger partial charge in [-0.1, -0.05) is 44.7 Å². The van der Waals surface area contributed by atoms with Crippen LogP contribution in [0.5, 0.6) is 17.2 Å². The molecule has 1 unspecified atom stereocenters. The first-order chi connectivity index (χ1) is 16.0. The van der Waals surface area contributed by atoms with Gasteiger partial charge in [0.25, 0.3) is 0 Å². The predicted octanol–water partition coefficient (Wildman–Crippen LogP) is 5.47. The average Bonchev–Trinajstić information content (AvgIpc) is 2.84. The molecule has 182 valence electrons. The number of hydrogen-bond acceptors (Lipinski definition) is 5. The Hall–Kier alpha value is -2.93. The monoisotopic (exact) mass is 458 g/mol. The number of benzene rings is 2. The normalized spacial score (nSPS) is 11.5. The van der Waals surface area contributed by atoms with Gasteiger partial charge < -0.3 is 29.5 Å². The second-order valence-corrected chi connectivity index (χ2v) is 8.09. The van der Waals surface area contributed by atoms with E-state index in [1.54, 1.807) is 32.4 Å². The lowest BCUT2D eigenvalue weighted by Gasteiger charge is -2.24. The van der Waals surface area contributed by atoms with Crippen molar-refractivity contribution in [2.45, 2.75) is 58.6 Å². The minimum Gasteiger partial charge on any atom is -0.497 e. The van der Waals surface area contributed by atoms with E-state index in [1.807, 2.05) is 36.1 Å². The molecule has 0 saturated carbocycles. The Labute approximate surface area is 197 Å². The van der Waals surface area contributed by atoms with Crippen LogP contribution in [0, 0.1) is 0 Å². The number of methoxy groups -OCH3 is 2. The molecule has 2 aromatic carbocycles. The van der Waals surface area contributed by atoms with Crippen molar-refractivity contribution in [3.05, 3.63) is 48.0 Å². The summed E-state index contributed by atoms with van der Waals surface area (Å²) in [6, 6.07) is 12.8. The molecular weight excluding hydrogens is 420 g/mol. The third-order valence-electron chi connectivity index (χ3n) is 5.36. The van der Waals surface area contributed by atoms with Crippen LogP contribution >= 0.6 is 0 Å². The SMILES string of the molecule is CCCCCCCN(Cc1ccc(OC(C)CO)cc1)C(=O)Nc1ccc(OC)cc1OC. The van der Waals surface area contributed by atoms with Crippen molar-refractivity contribution in [1.29, 1.82) is 0 Å². The van der Waals surface area contributed by atoms with Crippen molar-refractivity contribution < 1.29 is 24.1 Å². The summed E-state index contributed by atoms with van der Waals surface area (Å²) >= 11 is 0. The lowest BCUT2D eigenvalue weighted by atomic mass is 10.1. The highest BCUT2D eigenvalue weighted by atomic mass is 16.5. The van der Waals surface area contributed by atoms with Crippen LogP contribution in [0.2, 0.25) is 0 Å². The number of aliphatic hydroxyl groups is 1. The van der Waals surface area contributed by atoms with Crippen molar-refractivity contribution in [3.63, 3.8) is 0 Å². The summed E-state index contributed by atoms with van der Waals surface area (Å²) in [5, 5.41) is 12.1. The number of rotatable bonds is 14. The van der Waals surface area contributed by atoms with E-state index < -0.39 is 0 Å². The van der Waals surface area contributed by atoms with Gasteiger partial charge in [0.05, 0.1) is 26.5 Å². The average molecular weight is 459 g/mol. The Morgan fingerprint density at radius 3 is 2.33 bits per heavy atom. The number of carbonyl (C=O) groups is 1. The highest BCUT2D eigenvalue weighted by Gasteiger charge is 2.17. The van der Waals surface area contributed by atoms with Crippen LogP contribution in [0.3, 0.4) is 0 Å². The maximum Gasteiger partial charge on any atom is 0.322 e. The van der Waals surface area contributed by atoms with E-state index in [-0.39, 0.29) is 18.7 Å². The summed E-state index contributed by atoms with van der Waals surface area (Å²) < 4.78 is 16.3. The molecule has 0 bridgehead atoms. The topological polar surface area (TPSA) is 80.3 Å². The Bertz CT molecular complexity index is 841. The number of nitrogens with one attached hydrogen (secondary N) is 1. The number of ether oxygens (including phenoxy) is 3. The molecule has 2 rings (SSSR count). The highest BCUT2D eigenvalue weighted by Crippen LogP contribution is 2.29. The molecule has 7 heteroatoms. The number of carbonyl (C=O) groups excluding carboxylic acids is 1. The molecule has 0 saturated heterocycles. The third kappa shape index (κ3) is 8.85. The number of anilines is 1. The van der Waals surface area contributed by atoms with Gasteiger partial charge in [0, 0.05) is 19.2 Å². The fourth-order valence-electron chi connectivity index (χ4n) is 3.42. The summed E-state index contributed by atoms with van der Waals surface area (Å²) in [4.78, 5) is 15.0. The summed E-state index contributed by atoms with van der Waals surface area (Å²) in [6.45, 7) is 5.10. The van der Waals surface area contributed by atoms with Gasteiger partial charge in [-0.25, -0.2) is 4.79 Å². The smallest absolute Gasteiger partial charge is 0.322 e. The molecule has 2 N–H and O–H groups in total. The van der Waals surface area contributed by atoms with E-state index >= 15 is 0 Å². The van der Waals surface area contributed by atoms with Gasteiger partial charge in [0.2, 0.25) is 0 Å². The lowest BCUT2D eigenvalue weighted by Crippen LogP contribution is -2.35. The molecule has 0 aliphatic heterocycles. The molecular formula is C26H38N2O5. The van der Waals surface area contributed by atoms with E-state index in [2.05, 4.69) is 12.2 Å². The predicted molar refractivity (Wildman–Crippen MR) is 131 cm³/mol. The van der Waals surface area contributed by atoms with Crippen molar-refractivity contribution in [1.82, 2.24) is 4.90 Å². The van der Waals surface area contributed by atoms with Gasteiger partial charge in [-0.15, -0.1) is 0 Å². The van der Waals surface area contributed by atoms with E-state index in [0.29, 0.717) is 36.0 Å². The van der Waals surface area contributed by atoms with Crippen LogP contribution < -0.4 is 19.5 Å². The van der Waals surface area contributed by atoms with Crippen LogP contribution in [0.25, 0.3) is 0 Å². The number of unbranched alkanes of at least 4 members (excludes halogenated alkanes) is 4. The Kier molecular flexibility index (Phi) is 11.4. The number of aliphatic hydroxyl groups excluding tert-OH is 1. The Morgan fingerprint density at radius 2 is 1.70 bits per heavy atom. The molecule has 7 nitrogen and oxygen atoms in total. The van der Waals surface area contributed by atoms with Crippen LogP contribution in [0.1, 0.15) is 51.5 Å². The number of nitrogens with zero attached hydrogens (tertiary/aromatic N) is 1. The molecule has 1 atom stereocenters. The second kappa shape index (κ2) is 14.3. The van der Waals surface area contributed by atoms with Crippen molar-refractivity contribution >= 4 is 11.7 Å². The Morgan fingerprint density at radius 1 is 1.00 bits per heavy atom. The van der Waals surface area contributed by atoms with Gasteiger partial charge in [-0.3, -0.25) is 0 Å².